The Morgan fingerprint density at radius 1 is 1.21 bits per heavy atom. The molecule has 3 rings (SSSR count). The van der Waals surface area contributed by atoms with Crippen LogP contribution < -0.4 is 15.7 Å². The van der Waals surface area contributed by atoms with E-state index >= 15 is 0 Å². The van der Waals surface area contributed by atoms with Crippen molar-refractivity contribution < 1.29 is 33.6 Å². The lowest BCUT2D eigenvalue weighted by Gasteiger charge is -2.46. The lowest BCUT2D eigenvalue weighted by Crippen LogP contribution is -2.63. The Kier molecular flexibility index (Phi) is 5.44. The highest BCUT2D eigenvalue weighted by Crippen LogP contribution is 2.33. The van der Waals surface area contributed by atoms with Crippen LogP contribution in [0.4, 0.5) is 5.69 Å². The number of aliphatic hydroxyl groups is 2. The summed E-state index contributed by atoms with van der Waals surface area (Å²) in [5.74, 6) is -0.114. The van der Waals surface area contributed by atoms with Gasteiger partial charge in [0.05, 0.1) is 5.60 Å². The molecule has 0 aliphatic carbocycles. The Hall–Kier alpha value is -2.46. The number of hydrogen-bond acceptors (Lipinski definition) is 8. The van der Waals surface area contributed by atoms with Crippen molar-refractivity contribution in [1.29, 1.82) is 0 Å². The largest absolute Gasteiger partial charge is 0.462 e. The molecule has 1 saturated heterocycles. The van der Waals surface area contributed by atoms with E-state index in [-0.39, 0.29) is 22.9 Å². The third-order valence-electron chi connectivity index (χ3n) is 4.57. The van der Waals surface area contributed by atoms with Gasteiger partial charge in [-0.2, -0.15) is 0 Å². The number of hydrogen-bond donors (Lipinski definition) is 3. The molecule has 1 aromatic heterocycles. The fourth-order valence-corrected chi connectivity index (χ4v) is 3.28. The van der Waals surface area contributed by atoms with Crippen molar-refractivity contribution in [3.05, 3.63) is 34.7 Å². The highest BCUT2D eigenvalue weighted by atomic mass is 16.7. The van der Waals surface area contributed by atoms with Crippen LogP contribution in [0.15, 0.2) is 33.5 Å². The fraction of sp³-hybridized carbons (Fsp3) is 0.474. The molecule has 28 heavy (non-hydrogen) atoms. The van der Waals surface area contributed by atoms with Crippen molar-refractivity contribution in [1.82, 2.24) is 0 Å². The first-order valence-electron chi connectivity index (χ1n) is 8.71. The van der Waals surface area contributed by atoms with Crippen LogP contribution in [0.1, 0.15) is 20.8 Å². The molecule has 0 bridgehead atoms. The number of methoxy groups -OCH3 is 1. The minimum absolute atomic E-state index is 0.0372. The molecule has 1 aromatic carbocycles. The second-order valence-electron chi connectivity index (χ2n) is 7.17. The molecule has 0 saturated carbocycles. The smallest absolute Gasteiger partial charge is 0.360 e. The van der Waals surface area contributed by atoms with Gasteiger partial charge in [0.25, 0.3) is 0 Å². The number of fused-ring (bicyclic) bond motifs is 1. The summed E-state index contributed by atoms with van der Waals surface area (Å²) >= 11 is 0. The van der Waals surface area contributed by atoms with Crippen LogP contribution in [-0.4, -0.2) is 53.4 Å². The van der Waals surface area contributed by atoms with Crippen LogP contribution in [-0.2, 0) is 14.3 Å². The minimum atomic E-state index is -1.34. The Balaban J connectivity index is 1.86. The molecule has 1 aliphatic rings. The summed E-state index contributed by atoms with van der Waals surface area (Å²) in [7, 11) is 1.42. The van der Waals surface area contributed by atoms with Gasteiger partial charge in [0, 0.05) is 25.5 Å². The molecule has 0 spiro atoms. The second kappa shape index (κ2) is 7.51. The fourth-order valence-electron chi connectivity index (χ4n) is 3.28. The van der Waals surface area contributed by atoms with Crippen LogP contribution >= 0.6 is 0 Å². The zero-order valence-electron chi connectivity index (χ0n) is 16.0. The normalized spacial score (nSPS) is 26.8. The van der Waals surface area contributed by atoms with Gasteiger partial charge in [0.15, 0.2) is 0 Å². The van der Waals surface area contributed by atoms with E-state index in [2.05, 4.69) is 5.32 Å². The number of benzene rings is 1. The predicted octanol–water partition coefficient (Wildman–Crippen LogP) is 1.00. The predicted molar refractivity (Wildman–Crippen MR) is 99.2 cm³/mol. The molecule has 2 heterocycles. The molecule has 9 heteroatoms. The molecule has 1 aliphatic heterocycles. The number of rotatable bonds is 4. The molecule has 4 atom stereocenters. The monoisotopic (exact) mass is 393 g/mol. The van der Waals surface area contributed by atoms with E-state index in [1.807, 2.05) is 0 Å². The molecule has 1 fully saturated rings. The average molecular weight is 393 g/mol. The first kappa shape index (κ1) is 20.3. The number of carbonyl (C=O) groups is 1. The molecule has 3 N–H and O–H groups in total. The second-order valence-corrected chi connectivity index (χ2v) is 7.17. The average Bonchev–Trinajstić information content (AvgIpc) is 2.60. The molecular weight excluding hydrogens is 370 g/mol. The van der Waals surface area contributed by atoms with Gasteiger partial charge >= 0.3 is 5.63 Å². The van der Waals surface area contributed by atoms with Gasteiger partial charge in [0.2, 0.25) is 12.2 Å². The van der Waals surface area contributed by atoms with E-state index in [9.17, 15) is 19.8 Å². The maximum absolute atomic E-state index is 12.0. The van der Waals surface area contributed by atoms with Gasteiger partial charge in [-0.15, -0.1) is 0 Å². The van der Waals surface area contributed by atoms with Crippen LogP contribution in [0, 0.1) is 0 Å². The summed E-state index contributed by atoms with van der Waals surface area (Å²) in [6.07, 6.45) is -4.44. The summed E-state index contributed by atoms with van der Waals surface area (Å²) in [5.41, 5.74) is -1.34. The summed E-state index contributed by atoms with van der Waals surface area (Å²) < 4.78 is 21.9. The molecular formula is C19H23NO8. The minimum Gasteiger partial charge on any atom is -0.462 e. The Morgan fingerprint density at radius 2 is 1.93 bits per heavy atom. The van der Waals surface area contributed by atoms with Gasteiger partial charge in [-0.3, -0.25) is 4.79 Å². The highest BCUT2D eigenvalue weighted by Gasteiger charge is 2.50. The maximum Gasteiger partial charge on any atom is 0.360 e. The molecule has 0 radical (unpaired) electrons. The van der Waals surface area contributed by atoms with Crippen LogP contribution in [0.2, 0.25) is 0 Å². The first-order chi connectivity index (χ1) is 13.1. The molecule has 0 unspecified atom stereocenters. The van der Waals surface area contributed by atoms with Gasteiger partial charge < -0.3 is 34.2 Å². The van der Waals surface area contributed by atoms with Crippen molar-refractivity contribution in [3.8, 4) is 5.75 Å². The topological polar surface area (TPSA) is 127 Å². The summed E-state index contributed by atoms with van der Waals surface area (Å²) in [4.78, 5) is 23.1. The third-order valence-corrected chi connectivity index (χ3v) is 4.57. The van der Waals surface area contributed by atoms with Crippen LogP contribution in [0.3, 0.4) is 0 Å². The van der Waals surface area contributed by atoms with E-state index in [1.165, 1.54) is 26.2 Å². The van der Waals surface area contributed by atoms with Crippen LogP contribution in [0.25, 0.3) is 11.0 Å². The van der Waals surface area contributed by atoms with E-state index in [0.29, 0.717) is 5.39 Å². The van der Waals surface area contributed by atoms with Gasteiger partial charge in [-0.25, -0.2) is 4.79 Å². The number of nitrogens with one attached hydrogen (secondary N) is 1. The maximum atomic E-state index is 12.0. The summed E-state index contributed by atoms with van der Waals surface area (Å²) in [6, 6.07) is 6.19. The third kappa shape index (κ3) is 3.88. The molecule has 9 nitrogen and oxygen atoms in total. The molecule has 152 valence electrons. The van der Waals surface area contributed by atoms with Gasteiger partial charge in [-0.05, 0) is 32.0 Å². The summed E-state index contributed by atoms with van der Waals surface area (Å²) in [5, 5.41) is 23.6. The van der Waals surface area contributed by atoms with E-state index in [0.717, 1.165) is 0 Å². The Bertz CT molecular complexity index is 937. The zero-order valence-corrected chi connectivity index (χ0v) is 16.0. The SMILES string of the molecule is CO[C@@H]1[C@@H](O)[C@@H](O)[C@H](Oc2ccc3cc(NC(C)=O)c(=O)oc3c2)OC1(C)C. The number of aliphatic hydroxyl groups excluding tert-OH is 2. The van der Waals surface area contributed by atoms with Crippen molar-refractivity contribution in [2.45, 2.75) is 51.0 Å². The van der Waals surface area contributed by atoms with Gasteiger partial charge in [-0.1, -0.05) is 0 Å². The Labute approximate surface area is 160 Å². The van der Waals surface area contributed by atoms with Crippen LogP contribution in [0.5, 0.6) is 5.75 Å². The number of anilines is 1. The quantitative estimate of drug-likeness (QED) is 0.657. The lowest BCUT2D eigenvalue weighted by atomic mass is 9.89. The van der Waals surface area contributed by atoms with E-state index in [1.54, 1.807) is 26.0 Å². The molecule has 1 amide bonds. The molecule has 2 aromatic rings. The summed E-state index contributed by atoms with van der Waals surface area (Å²) in [6.45, 7) is 4.73. The van der Waals surface area contributed by atoms with Crippen molar-refractivity contribution in [2.75, 3.05) is 12.4 Å². The number of ether oxygens (including phenoxy) is 3. The number of carbonyl (C=O) groups excluding carboxylic acids is 1. The first-order valence-corrected chi connectivity index (χ1v) is 8.71. The highest BCUT2D eigenvalue weighted by molar-refractivity contribution is 5.91. The standard InChI is InChI=1S/C19H23NO8/c1-9(21)20-12-7-10-5-6-11(8-13(10)27-17(12)24)26-18-15(23)14(22)16(25-4)19(2,3)28-18/h5-8,14-16,18,22-23H,1-4H3,(H,20,21)/t14-,15+,16+,18+/m0/s1. The Morgan fingerprint density at radius 3 is 2.57 bits per heavy atom. The zero-order chi connectivity index (χ0) is 20.6. The van der Waals surface area contributed by atoms with Gasteiger partial charge in [0.1, 0.15) is 35.3 Å². The van der Waals surface area contributed by atoms with E-state index in [4.69, 9.17) is 18.6 Å². The van der Waals surface area contributed by atoms with Crippen molar-refractivity contribution >= 4 is 22.6 Å². The van der Waals surface area contributed by atoms with Crippen molar-refractivity contribution in [2.24, 2.45) is 0 Å². The van der Waals surface area contributed by atoms with Crippen molar-refractivity contribution in [3.63, 3.8) is 0 Å². The van der Waals surface area contributed by atoms with E-state index < -0.39 is 35.8 Å². The lowest BCUT2D eigenvalue weighted by molar-refractivity contribution is -0.305. The number of amides is 1.